The normalized spacial score (nSPS) is 24.8. The fourth-order valence-electron chi connectivity index (χ4n) is 4.05. The second-order valence-electron chi connectivity index (χ2n) is 7.28. The van der Waals surface area contributed by atoms with Gasteiger partial charge < -0.3 is 19.5 Å². The summed E-state index contributed by atoms with van der Waals surface area (Å²) >= 11 is 0. The van der Waals surface area contributed by atoms with Crippen LogP contribution in [0.4, 0.5) is 0 Å². The summed E-state index contributed by atoms with van der Waals surface area (Å²) < 4.78 is 2.09. The van der Waals surface area contributed by atoms with E-state index in [0.717, 1.165) is 38.4 Å². The van der Waals surface area contributed by atoms with Crippen molar-refractivity contribution in [2.45, 2.75) is 39.2 Å². The van der Waals surface area contributed by atoms with E-state index in [4.69, 9.17) is 0 Å². The summed E-state index contributed by atoms with van der Waals surface area (Å²) in [4.78, 5) is 21.2. The maximum Gasteiger partial charge on any atom is 0.222 e. The maximum absolute atomic E-state index is 12.5. The number of imidazole rings is 1. The number of aliphatic hydroxyl groups is 1. The number of carbonyl (C=O) groups excluding carboxylic acids is 1. The van der Waals surface area contributed by atoms with Crippen molar-refractivity contribution in [3.05, 3.63) is 18.2 Å². The molecule has 3 heterocycles. The average Bonchev–Trinajstić information content (AvgIpc) is 3.30. The number of aromatic nitrogens is 2. The monoisotopic (exact) mass is 334 g/mol. The SMILES string of the molecule is Cc1nccn1CCCC(=O)N1C[C@@H](CO)[C@@H](CN2CCCC2)C1. The smallest absolute Gasteiger partial charge is 0.222 e. The van der Waals surface area contributed by atoms with Crippen molar-refractivity contribution in [1.29, 1.82) is 0 Å². The number of hydrogen-bond acceptors (Lipinski definition) is 4. The molecule has 3 rings (SSSR count). The van der Waals surface area contributed by atoms with Crippen molar-refractivity contribution >= 4 is 5.91 Å². The molecule has 1 aromatic rings. The number of aliphatic hydroxyl groups excluding tert-OH is 1. The Morgan fingerprint density at radius 1 is 1.29 bits per heavy atom. The molecule has 6 heteroatoms. The van der Waals surface area contributed by atoms with Gasteiger partial charge >= 0.3 is 0 Å². The highest BCUT2D eigenvalue weighted by Crippen LogP contribution is 2.26. The Labute approximate surface area is 144 Å². The van der Waals surface area contributed by atoms with Gasteiger partial charge in [-0.1, -0.05) is 0 Å². The predicted molar refractivity (Wildman–Crippen MR) is 92.5 cm³/mol. The molecule has 6 nitrogen and oxygen atoms in total. The van der Waals surface area contributed by atoms with Gasteiger partial charge in [-0.3, -0.25) is 4.79 Å². The van der Waals surface area contributed by atoms with Crippen molar-refractivity contribution < 1.29 is 9.90 Å². The van der Waals surface area contributed by atoms with E-state index in [9.17, 15) is 9.90 Å². The van der Waals surface area contributed by atoms with Gasteiger partial charge in [0.05, 0.1) is 0 Å². The van der Waals surface area contributed by atoms with Crippen molar-refractivity contribution in [3.63, 3.8) is 0 Å². The van der Waals surface area contributed by atoms with Gasteiger partial charge in [0.15, 0.2) is 0 Å². The van der Waals surface area contributed by atoms with Crippen LogP contribution in [0.25, 0.3) is 0 Å². The van der Waals surface area contributed by atoms with E-state index in [1.165, 1.54) is 25.9 Å². The summed E-state index contributed by atoms with van der Waals surface area (Å²) in [5.41, 5.74) is 0. The molecule has 24 heavy (non-hydrogen) atoms. The zero-order chi connectivity index (χ0) is 16.9. The van der Waals surface area contributed by atoms with E-state index in [2.05, 4.69) is 14.5 Å². The zero-order valence-corrected chi connectivity index (χ0v) is 14.7. The van der Waals surface area contributed by atoms with Crippen molar-refractivity contribution in [2.24, 2.45) is 11.8 Å². The fraction of sp³-hybridized carbons (Fsp3) is 0.778. The van der Waals surface area contributed by atoms with Crippen LogP contribution in [0.3, 0.4) is 0 Å². The molecule has 0 bridgehead atoms. The van der Waals surface area contributed by atoms with E-state index < -0.39 is 0 Å². The first-order chi connectivity index (χ1) is 11.7. The summed E-state index contributed by atoms with van der Waals surface area (Å²) in [6.45, 7) is 7.92. The second-order valence-corrected chi connectivity index (χ2v) is 7.28. The third-order valence-electron chi connectivity index (χ3n) is 5.57. The Hall–Kier alpha value is -1.40. The van der Waals surface area contributed by atoms with Crippen LogP contribution in [0.15, 0.2) is 12.4 Å². The van der Waals surface area contributed by atoms with E-state index in [-0.39, 0.29) is 18.4 Å². The van der Waals surface area contributed by atoms with Gasteiger partial charge in [0.1, 0.15) is 5.82 Å². The largest absolute Gasteiger partial charge is 0.396 e. The number of rotatable bonds is 7. The molecule has 2 saturated heterocycles. The molecule has 0 unspecified atom stereocenters. The number of amides is 1. The van der Waals surface area contributed by atoms with Gasteiger partial charge in [-0.05, 0) is 45.2 Å². The first-order valence-corrected chi connectivity index (χ1v) is 9.26. The lowest BCUT2D eigenvalue weighted by molar-refractivity contribution is -0.130. The molecule has 1 amide bonds. The molecule has 0 aromatic carbocycles. The Kier molecular flexibility index (Phi) is 5.89. The molecule has 0 radical (unpaired) electrons. The third kappa shape index (κ3) is 4.16. The fourth-order valence-corrected chi connectivity index (χ4v) is 4.05. The Balaban J connectivity index is 1.45. The average molecular weight is 334 g/mol. The minimum absolute atomic E-state index is 0.191. The number of likely N-dealkylation sites (tertiary alicyclic amines) is 2. The summed E-state index contributed by atoms with van der Waals surface area (Å²) in [5.74, 6) is 1.89. The Bertz CT molecular complexity index is 539. The predicted octanol–water partition coefficient (Wildman–Crippen LogP) is 1.13. The maximum atomic E-state index is 12.5. The molecular formula is C18H30N4O2. The van der Waals surface area contributed by atoms with Crippen LogP contribution in [-0.4, -0.2) is 69.7 Å². The molecule has 0 aliphatic carbocycles. The lowest BCUT2D eigenvalue weighted by Crippen LogP contribution is -2.32. The molecule has 1 aromatic heterocycles. The van der Waals surface area contributed by atoms with Crippen LogP contribution in [-0.2, 0) is 11.3 Å². The highest BCUT2D eigenvalue weighted by Gasteiger charge is 2.35. The van der Waals surface area contributed by atoms with Gasteiger partial charge in [0, 0.05) is 57.5 Å². The van der Waals surface area contributed by atoms with Gasteiger partial charge in [0.2, 0.25) is 5.91 Å². The molecule has 2 aliphatic heterocycles. The molecule has 2 aliphatic rings. The van der Waals surface area contributed by atoms with Gasteiger partial charge in [-0.25, -0.2) is 4.98 Å². The van der Waals surface area contributed by atoms with E-state index in [1.807, 2.05) is 18.0 Å². The zero-order valence-electron chi connectivity index (χ0n) is 14.7. The van der Waals surface area contributed by atoms with Crippen molar-refractivity contribution in [2.75, 3.05) is 39.3 Å². The van der Waals surface area contributed by atoms with Gasteiger partial charge in [-0.2, -0.15) is 0 Å². The molecule has 134 valence electrons. The number of carbonyl (C=O) groups is 1. The number of nitrogens with zero attached hydrogens (tertiary/aromatic N) is 4. The first kappa shape index (κ1) is 17.4. The lowest BCUT2D eigenvalue weighted by Gasteiger charge is -2.22. The van der Waals surface area contributed by atoms with Gasteiger partial charge in [-0.15, -0.1) is 0 Å². The first-order valence-electron chi connectivity index (χ1n) is 9.26. The quantitative estimate of drug-likeness (QED) is 0.812. The van der Waals surface area contributed by atoms with Crippen LogP contribution < -0.4 is 0 Å². The van der Waals surface area contributed by atoms with Crippen LogP contribution in [0, 0.1) is 18.8 Å². The van der Waals surface area contributed by atoms with Crippen LogP contribution in [0.2, 0.25) is 0 Å². The summed E-state index contributed by atoms with van der Waals surface area (Å²) in [6, 6.07) is 0. The summed E-state index contributed by atoms with van der Waals surface area (Å²) in [6.07, 6.45) is 7.74. The molecule has 2 fully saturated rings. The van der Waals surface area contributed by atoms with Crippen LogP contribution >= 0.6 is 0 Å². The molecule has 0 saturated carbocycles. The van der Waals surface area contributed by atoms with Gasteiger partial charge in [0.25, 0.3) is 0 Å². The number of hydrogen-bond donors (Lipinski definition) is 1. The lowest BCUT2D eigenvalue weighted by atomic mass is 9.96. The molecule has 0 spiro atoms. The molecule has 1 N–H and O–H groups in total. The number of aryl methyl sites for hydroxylation is 2. The van der Waals surface area contributed by atoms with Crippen LogP contribution in [0.1, 0.15) is 31.5 Å². The molecular weight excluding hydrogens is 304 g/mol. The second kappa shape index (κ2) is 8.12. The highest BCUT2D eigenvalue weighted by molar-refractivity contribution is 5.76. The Morgan fingerprint density at radius 2 is 2.04 bits per heavy atom. The van der Waals surface area contributed by atoms with E-state index in [0.29, 0.717) is 12.3 Å². The topological polar surface area (TPSA) is 61.6 Å². The standard InChI is InChI=1S/C18H30N4O2/c1-15-19-6-10-21(15)9-4-5-18(24)22-12-16(17(13-22)14-23)11-20-7-2-3-8-20/h6,10,16-17,23H,2-5,7-9,11-14H2,1H3/t16-,17-/m0/s1. The third-order valence-corrected chi connectivity index (χ3v) is 5.57. The minimum Gasteiger partial charge on any atom is -0.396 e. The van der Waals surface area contributed by atoms with E-state index >= 15 is 0 Å². The Morgan fingerprint density at radius 3 is 2.71 bits per heavy atom. The minimum atomic E-state index is 0.191. The van der Waals surface area contributed by atoms with Crippen LogP contribution in [0.5, 0.6) is 0 Å². The summed E-state index contributed by atoms with van der Waals surface area (Å²) in [7, 11) is 0. The van der Waals surface area contributed by atoms with E-state index in [1.54, 1.807) is 6.20 Å². The highest BCUT2D eigenvalue weighted by atomic mass is 16.3. The summed E-state index contributed by atoms with van der Waals surface area (Å²) in [5, 5.41) is 9.67. The van der Waals surface area contributed by atoms with Crippen molar-refractivity contribution in [3.8, 4) is 0 Å². The molecule has 2 atom stereocenters. The van der Waals surface area contributed by atoms with Crippen molar-refractivity contribution in [1.82, 2.24) is 19.4 Å².